The van der Waals surface area contributed by atoms with Gasteiger partial charge in [0.05, 0.1) is 11.6 Å². The van der Waals surface area contributed by atoms with E-state index in [1.165, 1.54) is 22.8 Å². The summed E-state index contributed by atoms with van der Waals surface area (Å²) in [7, 11) is 0. The Bertz CT molecular complexity index is 751. The summed E-state index contributed by atoms with van der Waals surface area (Å²) in [4.78, 5) is 26.3. The molecule has 0 fully saturated rings. The number of ether oxygens (including phenoxy) is 1. The molecule has 1 aromatic heterocycles. The van der Waals surface area contributed by atoms with Crippen molar-refractivity contribution in [1.29, 1.82) is 0 Å². The van der Waals surface area contributed by atoms with E-state index in [2.05, 4.69) is 10.3 Å². The molecule has 0 spiro atoms. The number of carbonyl (C=O) groups excluding carboxylic acids is 1. The van der Waals surface area contributed by atoms with Crippen LogP contribution in [0.25, 0.3) is 0 Å². The molecule has 1 heterocycles. The normalized spacial score (nSPS) is 10.5. The summed E-state index contributed by atoms with van der Waals surface area (Å²) in [5, 5.41) is 13.5. The number of hydrogen-bond acceptors (Lipinski definition) is 5. The van der Waals surface area contributed by atoms with Crippen LogP contribution in [0.1, 0.15) is 28.3 Å². The molecule has 0 saturated carbocycles. The van der Waals surface area contributed by atoms with E-state index in [-0.39, 0.29) is 30.4 Å². The average molecular weight is 370 g/mol. The fraction of sp³-hybridized carbons (Fsp3) is 0.312. The van der Waals surface area contributed by atoms with E-state index in [0.717, 1.165) is 12.1 Å². The summed E-state index contributed by atoms with van der Waals surface area (Å²) in [6, 6.07) is 3.03. The Hall–Kier alpha value is -2.55. The predicted molar refractivity (Wildman–Crippen MR) is 86.9 cm³/mol. The zero-order chi connectivity index (χ0) is 18.2. The van der Waals surface area contributed by atoms with Gasteiger partial charge in [-0.05, 0) is 18.6 Å². The molecule has 2 N–H and O–H groups in total. The van der Waals surface area contributed by atoms with Crippen molar-refractivity contribution in [3.8, 4) is 5.75 Å². The van der Waals surface area contributed by atoms with Gasteiger partial charge in [-0.15, -0.1) is 11.3 Å². The lowest BCUT2D eigenvalue weighted by atomic mass is 10.3. The molecular weight excluding hydrogens is 354 g/mol. The number of aromatic carboxylic acids is 1. The molecule has 0 radical (unpaired) electrons. The summed E-state index contributed by atoms with van der Waals surface area (Å²) in [6.07, 6.45) is 1.02. The minimum absolute atomic E-state index is 0.00324. The van der Waals surface area contributed by atoms with Crippen LogP contribution >= 0.6 is 11.3 Å². The summed E-state index contributed by atoms with van der Waals surface area (Å²) < 4.78 is 31.2. The Morgan fingerprint density at radius 1 is 1.32 bits per heavy atom. The molecule has 0 unspecified atom stereocenters. The van der Waals surface area contributed by atoms with Crippen LogP contribution < -0.4 is 10.1 Å². The topological polar surface area (TPSA) is 88.5 Å². The summed E-state index contributed by atoms with van der Waals surface area (Å²) in [5.74, 6) is -2.80. The number of hydrogen-bond donors (Lipinski definition) is 2. The van der Waals surface area contributed by atoms with E-state index in [0.29, 0.717) is 24.4 Å². The predicted octanol–water partition coefficient (Wildman–Crippen LogP) is 2.64. The number of aromatic nitrogens is 1. The van der Waals surface area contributed by atoms with E-state index in [9.17, 15) is 18.4 Å². The third-order valence-corrected chi connectivity index (χ3v) is 4.04. The van der Waals surface area contributed by atoms with Crippen LogP contribution in [0.3, 0.4) is 0 Å². The molecule has 1 amide bonds. The van der Waals surface area contributed by atoms with Crippen molar-refractivity contribution in [2.75, 3.05) is 13.2 Å². The number of nitrogens with one attached hydrogen (secondary N) is 1. The molecule has 2 aromatic rings. The number of benzene rings is 1. The maximum absolute atomic E-state index is 13.3. The summed E-state index contributed by atoms with van der Waals surface area (Å²) in [6.45, 7) is 0.475. The first-order valence-corrected chi connectivity index (χ1v) is 8.36. The molecule has 0 aliphatic carbocycles. The van der Waals surface area contributed by atoms with E-state index in [1.54, 1.807) is 0 Å². The maximum atomic E-state index is 13.3. The Labute approximate surface area is 146 Å². The Kier molecular flexibility index (Phi) is 6.81. The molecule has 25 heavy (non-hydrogen) atoms. The molecule has 0 bridgehead atoms. The molecular formula is C16H16F2N2O4S. The van der Waals surface area contributed by atoms with E-state index in [4.69, 9.17) is 9.84 Å². The number of carboxylic acids is 1. The first-order valence-electron chi connectivity index (χ1n) is 7.48. The first kappa shape index (κ1) is 18.8. The molecule has 0 saturated heterocycles. The molecule has 0 aliphatic rings. The van der Waals surface area contributed by atoms with Crippen molar-refractivity contribution >= 4 is 23.2 Å². The Balaban J connectivity index is 1.61. The van der Waals surface area contributed by atoms with Gasteiger partial charge in [-0.3, -0.25) is 4.79 Å². The van der Waals surface area contributed by atoms with Crippen LogP contribution in [0.5, 0.6) is 5.75 Å². The van der Waals surface area contributed by atoms with Gasteiger partial charge in [-0.25, -0.2) is 18.6 Å². The van der Waals surface area contributed by atoms with Gasteiger partial charge in [0.15, 0.2) is 17.3 Å². The zero-order valence-corrected chi connectivity index (χ0v) is 13.9. The van der Waals surface area contributed by atoms with Crippen molar-refractivity contribution in [2.45, 2.75) is 19.3 Å². The quantitative estimate of drug-likeness (QED) is 0.663. The third-order valence-electron chi connectivity index (χ3n) is 3.13. The van der Waals surface area contributed by atoms with Crippen LogP contribution in [0, 0.1) is 11.6 Å². The maximum Gasteiger partial charge on any atom is 0.355 e. The first-order chi connectivity index (χ1) is 12.0. The van der Waals surface area contributed by atoms with Crippen molar-refractivity contribution in [1.82, 2.24) is 10.3 Å². The number of carboxylic acid groups (broad SMARTS) is 1. The second-order valence-electron chi connectivity index (χ2n) is 5.06. The van der Waals surface area contributed by atoms with Crippen molar-refractivity contribution in [2.24, 2.45) is 0 Å². The van der Waals surface area contributed by atoms with Gasteiger partial charge in [0, 0.05) is 30.8 Å². The molecule has 2 rings (SSSR count). The largest absolute Gasteiger partial charge is 0.491 e. The fourth-order valence-electron chi connectivity index (χ4n) is 1.93. The molecule has 9 heteroatoms. The highest BCUT2D eigenvalue weighted by Gasteiger charge is 2.09. The van der Waals surface area contributed by atoms with E-state index >= 15 is 0 Å². The van der Waals surface area contributed by atoms with E-state index < -0.39 is 17.6 Å². The average Bonchev–Trinajstić information content (AvgIpc) is 3.02. The highest BCUT2D eigenvalue weighted by Crippen LogP contribution is 2.17. The Morgan fingerprint density at radius 3 is 2.80 bits per heavy atom. The molecule has 0 atom stereocenters. The minimum Gasteiger partial charge on any atom is -0.491 e. The monoisotopic (exact) mass is 370 g/mol. The van der Waals surface area contributed by atoms with E-state index in [1.807, 2.05) is 0 Å². The standard InChI is InChI=1S/C16H16F2N2O4S/c17-10-3-4-13(11(18)8-10)24-7-1-2-14(21)19-6-5-15-20-12(9-25-15)16(22)23/h3-4,8-9H,1-2,5-7H2,(H,19,21)(H,22,23). The minimum atomic E-state index is -1.08. The number of thiazole rings is 1. The van der Waals surface area contributed by atoms with Gasteiger partial charge in [0.25, 0.3) is 0 Å². The van der Waals surface area contributed by atoms with Gasteiger partial charge in [0.2, 0.25) is 5.91 Å². The highest BCUT2D eigenvalue weighted by atomic mass is 32.1. The van der Waals surface area contributed by atoms with Gasteiger partial charge in [0.1, 0.15) is 5.82 Å². The van der Waals surface area contributed by atoms with Gasteiger partial charge >= 0.3 is 5.97 Å². The van der Waals surface area contributed by atoms with Crippen LogP contribution in [0.4, 0.5) is 8.78 Å². The number of carbonyl (C=O) groups is 2. The summed E-state index contributed by atoms with van der Waals surface area (Å²) in [5.41, 5.74) is -0.00324. The second kappa shape index (κ2) is 9.07. The molecule has 1 aromatic carbocycles. The van der Waals surface area contributed by atoms with Crippen LogP contribution in [0.15, 0.2) is 23.6 Å². The number of rotatable bonds is 9. The van der Waals surface area contributed by atoms with Crippen LogP contribution in [0.2, 0.25) is 0 Å². The summed E-state index contributed by atoms with van der Waals surface area (Å²) >= 11 is 1.23. The Morgan fingerprint density at radius 2 is 2.12 bits per heavy atom. The molecule has 0 aliphatic heterocycles. The van der Waals surface area contributed by atoms with Crippen LogP contribution in [-0.2, 0) is 11.2 Å². The highest BCUT2D eigenvalue weighted by molar-refractivity contribution is 7.09. The number of amides is 1. The number of nitrogens with zero attached hydrogens (tertiary/aromatic N) is 1. The smallest absolute Gasteiger partial charge is 0.355 e. The number of halogens is 2. The van der Waals surface area contributed by atoms with Gasteiger partial charge in [-0.1, -0.05) is 0 Å². The lowest BCUT2D eigenvalue weighted by molar-refractivity contribution is -0.121. The third kappa shape index (κ3) is 6.11. The molecule has 6 nitrogen and oxygen atoms in total. The lowest BCUT2D eigenvalue weighted by Gasteiger charge is -2.07. The van der Waals surface area contributed by atoms with Crippen LogP contribution in [-0.4, -0.2) is 35.1 Å². The molecule has 134 valence electrons. The zero-order valence-electron chi connectivity index (χ0n) is 13.1. The van der Waals surface area contributed by atoms with Gasteiger partial charge < -0.3 is 15.2 Å². The van der Waals surface area contributed by atoms with Gasteiger partial charge in [-0.2, -0.15) is 0 Å². The lowest BCUT2D eigenvalue weighted by Crippen LogP contribution is -2.25. The second-order valence-corrected chi connectivity index (χ2v) is 6.00. The van der Waals surface area contributed by atoms with Crippen molar-refractivity contribution in [3.05, 3.63) is 45.9 Å². The van der Waals surface area contributed by atoms with Crippen molar-refractivity contribution < 1.29 is 28.2 Å². The fourth-order valence-corrected chi connectivity index (χ4v) is 2.70. The SMILES string of the molecule is O=C(CCCOc1ccc(F)cc1F)NCCc1nc(C(=O)O)cs1. The van der Waals surface area contributed by atoms with Crippen molar-refractivity contribution in [3.63, 3.8) is 0 Å².